The second kappa shape index (κ2) is 4.10. The molecule has 0 saturated carbocycles. The second-order valence-corrected chi connectivity index (χ2v) is 5.22. The van der Waals surface area contributed by atoms with E-state index in [-0.39, 0.29) is 0 Å². The number of imidazole rings is 1. The fraction of sp³-hybridized carbons (Fsp3) is 0.231. The zero-order chi connectivity index (χ0) is 12.7. The van der Waals surface area contributed by atoms with Crippen molar-refractivity contribution in [2.24, 2.45) is 0 Å². The Balaban J connectivity index is 2.18. The van der Waals surface area contributed by atoms with Crippen LogP contribution >= 0.6 is 11.3 Å². The molecule has 0 fully saturated rings. The van der Waals surface area contributed by atoms with Crippen molar-refractivity contribution in [3.05, 3.63) is 36.2 Å². The SMILES string of the molecule is CCC(C(=O)O)c1ccc2c(c1)sc1nccn12. The maximum Gasteiger partial charge on any atom is 0.310 e. The molecule has 5 heteroatoms. The highest BCUT2D eigenvalue weighted by Crippen LogP contribution is 2.29. The molecule has 92 valence electrons. The van der Waals surface area contributed by atoms with E-state index in [1.54, 1.807) is 17.5 Å². The first-order chi connectivity index (χ1) is 8.70. The maximum absolute atomic E-state index is 11.2. The van der Waals surface area contributed by atoms with Crippen molar-refractivity contribution < 1.29 is 9.90 Å². The van der Waals surface area contributed by atoms with Crippen molar-refractivity contribution >= 4 is 32.5 Å². The van der Waals surface area contributed by atoms with E-state index in [0.29, 0.717) is 6.42 Å². The highest BCUT2D eigenvalue weighted by molar-refractivity contribution is 7.23. The Kier molecular flexibility index (Phi) is 2.56. The van der Waals surface area contributed by atoms with Gasteiger partial charge < -0.3 is 5.11 Å². The second-order valence-electron chi connectivity index (χ2n) is 4.21. The van der Waals surface area contributed by atoms with Crippen LogP contribution in [-0.4, -0.2) is 20.5 Å². The summed E-state index contributed by atoms with van der Waals surface area (Å²) in [7, 11) is 0. The predicted octanol–water partition coefficient (Wildman–Crippen LogP) is 3.13. The maximum atomic E-state index is 11.2. The van der Waals surface area contributed by atoms with Crippen molar-refractivity contribution in [3.63, 3.8) is 0 Å². The van der Waals surface area contributed by atoms with Crippen LogP contribution in [0.1, 0.15) is 24.8 Å². The summed E-state index contributed by atoms with van der Waals surface area (Å²) in [5.41, 5.74) is 1.94. The number of carboxylic acids is 1. The number of hydrogen-bond acceptors (Lipinski definition) is 3. The minimum Gasteiger partial charge on any atom is -0.481 e. The van der Waals surface area contributed by atoms with Gasteiger partial charge in [0, 0.05) is 12.4 Å². The minimum atomic E-state index is -0.766. The number of nitrogens with zero attached hydrogens (tertiary/aromatic N) is 2. The number of carbonyl (C=O) groups is 1. The van der Waals surface area contributed by atoms with Crippen LogP contribution in [0.4, 0.5) is 0 Å². The molecule has 1 unspecified atom stereocenters. The number of aliphatic carboxylic acids is 1. The Morgan fingerprint density at radius 2 is 2.39 bits per heavy atom. The van der Waals surface area contributed by atoms with E-state index in [0.717, 1.165) is 20.7 Å². The van der Waals surface area contributed by atoms with Gasteiger partial charge >= 0.3 is 5.97 Å². The predicted molar refractivity (Wildman–Crippen MR) is 71.2 cm³/mol. The number of benzene rings is 1. The number of fused-ring (bicyclic) bond motifs is 3. The monoisotopic (exact) mass is 260 g/mol. The van der Waals surface area contributed by atoms with Crippen molar-refractivity contribution in [2.45, 2.75) is 19.3 Å². The lowest BCUT2D eigenvalue weighted by Gasteiger charge is -2.09. The molecule has 0 bridgehead atoms. The minimum absolute atomic E-state index is 0.427. The Morgan fingerprint density at radius 1 is 1.56 bits per heavy atom. The Hall–Kier alpha value is -1.88. The molecule has 3 rings (SSSR count). The fourth-order valence-corrected chi connectivity index (χ4v) is 3.26. The summed E-state index contributed by atoms with van der Waals surface area (Å²) in [4.78, 5) is 16.4. The lowest BCUT2D eigenvalue weighted by atomic mass is 9.97. The van der Waals surface area contributed by atoms with E-state index < -0.39 is 11.9 Å². The zero-order valence-corrected chi connectivity index (χ0v) is 10.6. The topological polar surface area (TPSA) is 54.6 Å². The highest BCUT2D eigenvalue weighted by Gasteiger charge is 2.18. The molecule has 0 aliphatic carbocycles. The third kappa shape index (κ3) is 1.59. The summed E-state index contributed by atoms with van der Waals surface area (Å²) >= 11 is 1.58. The molecule has 0 radical (unpaired) electrons. The van der Waals surface area contributed by atoms with E-state index in [1.165, 1.54) is 0 Å². The number of carboxylic acid groups (broad SMARTS) is 1. The van der Waals surface area contributed by atoms with Gasteiger partial charge in [0.05, 0.1) is 16.1 Å². The van der Waals surface area contributed by atoms with Gasteiger partial charge in [-0.2, -0.15) is 0 Å². The number of aromatic nitrogens is 2. The third-order valence-corrected chi connectivity index (χ3v) is 4.19. The molecule has 1 atom stereocenters. The van der Waals surface area contributed by atoms with Crippen LogP contribution in [0.15, 0.2) is 30.6 Å². The molecule has 0 spiro atoms. The molecule has 0 aliphatic rings. The van der Waals surface area contributed by atoms with Gasteiger partial charge in [-0.3, -0.25) is 9.20 Å². The van der Waals surface area contributed by atoms with Crippen LogP contribution in [0.25, 0.3) is 15.2 Å². The molecule has 2 aromatic heterocycles. The van der Waals surface area contributed by atoms with Crippen LogP contribution in [0.3, 0.4) is 0 Å². The van der Waals surface area contributed by atoms with Crippen LogP contribution in [-0.2, 0) is 4.79 Å². The highest BCUT2D eigenvalue weighted by atomic mass is 32.1. The van der Waals surface area contributed by atoms with E-state index in [9.17, 15) is 9.90 Å². The summed E-state index contributed by atoms with van der Waals surface area (Å²) < 4.78 is 3.10. The summed E-state index contributed by atoms with van der Waals surface area (Å²) in [6, 6.07) is 5.84. The van der Waals surface area contributed by atoms with Gasteiger partial charge in [0.15, 0.2) is 4.96 Å². The van der Waals surface area contributed by atoms with Crippen LogP contribution in [0.5, 0.6) is 0 Å². The van der Waals surface area contributed by atoms with Crippen LogP contribution in [0, 0.1) is 0 Å². The molecule has 4 nitrogen and oxygen atoms in total. The summed E-state index contributed by atoms with van der Waals surface area (Å²) in [6.45, 7) is 1.89. The largest absolute Gasteiger partial charge is 0.481 e. The molecule has 18 heavy (non-hydrogen) atoms. The zero-order valence-electron chi connectivity index (χ0n) is 9.83. The van der Waals surface area contributed by atoms with Gasteiger partial charge in [-0.05, 0) is 24.1 Å². The lowest BCUT2D eigenvalue weighted by Crippen LogP contribution is -2.10. The number of hydrogen-bond donors (Lipinski definition) is 1. The van der Waals surface area contributed by atoms with E-state index in [2.05, 4.69) is 4.98 Å². The molecular weight excluding hydrogens is 248 g/mol. The molecule has 1 N–H and O–H groups in total. The summed E-state index contributed by atoms with van der Waals surface area (Å²) in [5.74, 6) is -1.19. The standard InChI is InChI=1S/C13H12N2O2S/c1-2-9(12(16)17)8-3-4-10-11(7-8)18-13-14-5-6-15(10)13/h3-7,9H,2H2,1H3,(H,16,17). The van der Waals surface area contributed by atoms with Crippen molar-refractivity contribution in [3.8, 4) is 0 Å². The first kappa shape index (κ1) is 11.2. The van der Waals surface area contributed by atoms with Crippen molar-refractivity contribution in [1.82, 2.24) is 9.38 Å². The molecule has 1 aromatic carbocycles. The summed E-state index contributed by atoms with van der Waals surface area (Å²) in [6.07, 6.45) is 4.29. The van der Waals surface area contributed by atoms with Gasteiger partial charge in [0.2, 0.25) is 0 Å². The van der Waals surface area contributed by atoms with Gasteiger partial charge in [-0.15, -0.1) is 0 Å². The Bertz CT molecular complexity index is 729. The molecule has 0 saturated heterocycles. The molecule has 3 aromatic rings. The van der Waals surface area contributed by atoms with Crippen molar-refractivity contribution in [2.75, 3.05) is 0 Å². The average Bonchev–Trinajstić information content (AvgIpc) is 2.88. The molecule has 0 aliphatic heterocycles. The Morgan fingerprint density at radius 3 is 3.11 bits per heavy atom. The first-order valence-corrected chi connectivity index (χ1v) is 6.60. The number of thiazole rings is 1. The van der Waals surface area contributed by atoms with Crippen LogP contribution in [0.2, 0.25) is 0 Å². The van der Waals surface area contributed by atoms with E-state index in [1.807, 2.05) is 35.7 Å². The normalized spacial score (nSPS) is 13.2. The number of rotatable bonds is 3. The summed E-state index contributed by atoms with van der Waals surface area (Å²) in [5, 5.41) is 9.18. The van der Waals surface area contributed by atoms with Gasteiger partial charge in [0.1, 0.15) is 0 Å². The Labute approximate surface area is 108 Å². The van der Waals surface area contributed by atoms with Crippen LogP contribution < -0.4 is 0 Å². The van der Waals surface area contributed by atoms with E-state index in [4.69, 9.17) is 0 Å². The van der Waals surface area contributed by atoms with E-state index >= 15 is 0 Å². The smallest absolute Gasteiger partial charge is 0.310 e. The molecule has 2 heterocycles. The molecule has 0 amide bonds. The average molecular weight is 260 g/mol. The first-order valence-electron chi connectivity index (χ1n) is 5.79. The van der Waals surface area contributed by atoms with Gasteiger partial charge in [-0.25, -0.2) is 4.98 Å². The fourth-order valence-electron chi connectivity index (χ4n) is 2.23. The molecular formula is C13H12N2O2S. The van der Waals surface area contributed by atoms with Gasteiger partial charge in [0.25, 0.3) is 0 Å². The van der Waals surface area contributed by atoms with Crippen molar-refractivity contribution in [1.29, 1.82) is 0 Å². The van der Waals surface area contributed by atoms with Gasteiger partial charge in [-0.1, -0.05) is 24.3 Å². The third-order valence-electron chi connectivity index (χ3n) is 3.16. The lowest BCUT2D eigenvalue weighted by molar-refractivity contribution is -0.138. The quantitative estimate of drug-likeness (QED) is 0.787.